The van der Waals surface area contributed by atoms with Crippen molar-refractivity contribution in [2.45, 2.75) is 45.2 Å². The number of nitriles is 1. The zero-order valence-electron chi connectivity index (χ0n) is 23.9. The van der Waals surface area contributed by atoms with Gasteiger partial charge >= 0.3 is 0 Å². The van der Waals surface area contributed by atoms with Crippen LogP contribution >= 0.6 is 0 Å². The minimum absolute atomic E-state index is 0.0647. The molecule has 1 aromatic heterocycles. The number of nitrogens with one attached hydrogen (secondary N) is 1. The molecule has 6 nitrogen and oxygen atoms in total. The number of methoxy groups -OCH3 is 1. The summed E-state index contributed by atoms with van der Waals surface area (Å²) in [7, 11) is 1.66. The molecule has 0 saturated carbocycles. The molecule has 1 unspecified atom stereocenters. The lowest BCUT2D eigenvalue weighted by Crippen LogP contribution is -2.32. The fourth-order valence-electron chi connectivity index (χ4n) is 4.97. The Morgan fingerprint density at radius 3 is 2.29 bits per heavy atom. The summed E-state index contributed by atoms with van der Waals surface area (Å²) >= 11 is 0. The van der Waals surface area contributed by atoms with Gasteiger partial charge in [-0.1, -0.05) is 75.4 Å². The first-order valence-electron chi connectivity index (χ1n) is 13.7. The molecule has 206 valence electrons. The fraction of sp³-hybridized carbons (Fsp3) is 0.229. The average Bonchev–Trinajstić information content (AvgIpc) is 3.34. The molecule has 1 N–H and O–H groups in total. The van der Waals surface area contributed by atoms with Gasteiger partial charge in [0.25, 0.3) is 5.91 Å². The molecule has 0 fully saturated rings. The maximum Gasteiger partial charge on any atom is 0.251 e. The van der Waals surface area contributed by atoms with Gasteiger partial charge in [0.05, 0.1) is 35.8 Å². The van der Waals surface area contributed by atoms with Gasteiger partial charge in [-0.25, -0.2) is 4.98 Å². The van der Waals surface area contributed by atoms with Crippen LogP contribution in [0.1, 0.15) is 65.2 Å². The minimum atomic E-state index is -0.409. The maximum absolute atomic E-state index is 13.5. The number of imidazole rings is 1. The van der Waals surface area contributed by atoms with Crippen LogP contribution in [0.15, 0.2) is 97.1 Å². The van der Waals surface area contributed by atoms with E-state index in [9.17, 15) is 4.79 Å². The highest BCUT2D eigenvalue weighted by Gasteiger charge is 2.24. The topological polar surface area (TPSA) is 79.9 Å². The third-order valence-corrected chi connectivity index (χ3v) is 7.32. The summed E-state index contributed by atoms with van der Waals surface area (Å²) in [5.41, 5.74) is 6.33. The molecule has 0 bridgehead atoms. The van der Waals surface area contributed by atoms with Crippen LogP contribution in [-0.4, -0.2) is 22.6 Å². The van der Waals surface area contributed by atoms with E-state index in [0.717, 1.165) is 33.7 Å². The van der Waals surface area contributed by atoms with Crippen LogP contribution in [0.5, 0.6) is 5.75 Å². The van der Waals surface area contributed by atoms with Gasteiger partial charge < -0.3 is 14.6 Å². The first-order chi connectivity index (χ1) is 19.7. The van der Waals surface area contributed by atoms with E-state index in [0.29, 0.717) is 24.1 Å². The largest absolute Gasteiger partial charge is 0.497 e. The number of carbonyl (C=O) groups is 1. The van der Waals surface area contributed by atoms with Gasteiger partial charge in [0.1, 0.15) is 11.6 Å². The van der Waals surface area contributed by atoms with Crippen molar-refractivity contribution in [1.82, 2.24) is 14.9 Å². The summed E-state index contributed by atoms with van der Waals surface area (Å²) in [6, 6.07) is 33.0. The highest BCUT2D eigenvalue weighted by Crippen LogP contribution is 2.29. The van der Waals surface area contributed by atoms with E-state index >= 15 is 0 Å². The van der Waals surface area contributed by atoms with Crippen molar-refractivity contribution in [2.75, 3.05) is 7.11 Å². The third kappa shape index (κ3) is 6.31. The molecule has 5 rings (SSSR count). The fourth-order valence-corrected chi connectivity index (χ4v) is 4.97. The van der Waals surface area contributed by atoms with E-state index in [1.165, 1.54) is 5.56 Å². The summed E-state index contributed by atoms with van der Waals surface area (Å²) in [6.45, 7) is 7.21. The molecule has 0 aliphatic carbocycles. The number of rotatable bonds is 8. The zero-order valence-corrected chi connectivity index (χ0v) is 23.9. The maximum atomic E-state index is 13.5. The summed E-state index contributed by atoms with van der Waals surface area (Å²) in [5.74, 6) is 1.29. The molecule has 41 heavy (non-hydrogen) atoms. The summed E-state index contributed by atoms with van der Waals surface area (Å²) in [5, 5.41) is 12.4. The molecule has 5 aromatic rings. The van der Waals surface area contributed by atoms with Crippen molar-refractivity contribution in [2.24, 2.45) is 0 Å². The molecule has 1 atom stereocenters. The van der Waals surface area contributed by atoms with Gasteiger partial charge in [-0.05, 0) is 64.9 Å². The number of hydrogen-bond donors (Lipinski definition) is 1. The number of aromatic nitrogens is 2. The lowest BCUT2D eigenvalue weighted by Gasteiger charge is -2.22. The molecule has 1 heterocycles. The van der Waals surface area contributed by atoms with E-state index in [2.05, 4.69) is 73.1 Å². The first-order valence-corrected chi connectivity index (χ1v) is 13.7. The van der Waals surface area contributed by atoms with Gasteiger partial charge in [0, 0.05) is 18.2 Å². The highest BCUT2D eigenvalue weighted by molar-refractivity contribution is 5.94. The van der Waals surface area contributed by atoms with Gasteiger partial charge in [0.2, 0.25) is 0 Å². The van der Waals surface area contributed by atoms with Gasteiger partial charge in [-0.15, -0.1) is 0 Å². The Kier molecular flexibility index (Phi) is 7.89. The highest BCUT2D eigenvalue weighted by atomic mass is 16.5. The second-order valence-corrected chi connectivity index (χ2v) is 11.3. The van der Waals surface area contributed by atoms with Gasteiger partial charge in [0.15, 0.2) is 0 Å². The van der Waals surface area contributed by atoms with Gasteiger partial charge in [-0.2, -0.15) is 5.26 Å². The second-order valence-electron chi connectivity index (χ2n) is 11.3. The molecule has 4 aromatic carbocycles. The molecular weight excluding hydrogens is 508 g/mol. The number of benzene rings is 4. The van der Waals surface area contributed by atoms with E-state index in [4.69, 9.17) is 15.0 Å². The second kappa shape index (κ2) is 11.7. The number of fused-ring (bicyclic) bond motifs is 1. The van der Waals surface area contributed by atoms with Crippen LogP contribution in [0.3, 0.4) is 0 Å². The smallest absolute Gasteiger partial charge is 0.251 e. The van der Waals surface area contributed by atoms with Crippen molar-refractivity contribution in [1.29, 1.82) is 5.26 Å². The molecule has 0 aliphatic heterocycles. The first kappa shape index (κ1) is 27.7. The Hall–Kier alpha value is -4.89. The van der Waals surface area contributed by atoms with Crippen molar-refractivity contribution >= 4 is 16.9 Å². The number of nitrogens with zero attached hydrogens (tertiary/aromatic N) is 3. The predicted octanol–water partition coefficient (Wildman–Crippen LogP) is 6.98. The zero-order chi connectivity index (χ0) is 29.0. The van der Waals surface area contributed by atoms with E-state index < -0.39 is 6.04 Å². The van der Waals surface area contributed by atoms with Crippen LogP contribution in [-0.2, 0) is 18.4 Å². The van der Waals surface area contributed by atoms with E-state index in [1.807, 2.05) is 36.4 Å². The van der Waals surface area contributed by atoms with Crippen molar-refractivity contribution in [3.63, 3.8) is 0 Å². The standard InChI is InChI=1S/C35H34N4O2/c1-35(2,3)28-16-12-26(13-17-28)23-39-32-21-29(41-4)18-19-30(32)37-33(39)31(20-24-8-6-5-7-9-24)38-34(40)27-14-10-25(22-36)11-15-27/h5-19,21,31H,20,23H2,1-4H3,(H,38,40). The average molecular weight is 543 g/mol. The molecule has 1 amide bonds. The number of carbonyl (C=O) groups excluding carboxylic acids is 1. The summed E-state index contributed by atoms with van der Waals surface area (Å²) in [4.78, 5) is 18.5. The van der Waals surface area contributed by atoms with Crippen LogP contribution < -0.4 is 10.1 Å². The molecule has 0 spiro atoms. The Labute approximate surface area is 241 Å². The number of hydrogen-bond acceptors (Lipinski definition) is 4. The lowest BCUT2D eigenvalue weighted by molar-refractivity contribution is 0.0934. The number of ether oxygens (including phenoxy) is 1. The Balaban J connectivity index is 1.58. The van der Waals surface area contributed by atoms with E-state index in [-0.39, 0.29) is 11.3 Å². The monoisotopic (exact) mass is 542 g/mol. The van der Waals surface area contributed by atoms with Gasteiger partial charge in [-0.3, -0.25) is 4.79 Å². The molecule has 0 radical (unpaired) electrons. The molecular formula is C35H34N4O2. The minimum Gasteiger partial charge on any atom is -0.497 e. The lowest BCUT2D eigenvalue weighted by atomic mass is 9.87. The summed E-state index contributed by atoms with van der Waals surface area (Å²) in [6.07, 6.45) is 0.562. The molecule has 0 aliphatic rings. The molecule has 6 heteroatoms. The summed E-state index contributed by atoms with van der Waals surface area (Å²) < 4.78 is 7.73. The molecule has 0 saturated heterocycles. The van der Waals surface area contributed by atoms with Crippen molar-refractivity contribution in [3.8, 4) is 11.8 Å². The van der Waals surface area contributed by atoms with E-state index in [1.54, 1.807) is 31.4 Å². The predicted molar refractivity (Wildman–Crippen MR) is 162 cm³/mol. The Bertz CT molecular complexity index is 1690. The van der Waals surface area contributed by atoms with Crippen molar-refractivity contribution < 1.29 is 9.53 Å². The van der Waals surface area contributed by atoms with Crippen molar-refractivity contribution in [3.05, 3.63) is 131 Å². The van der Waals surface area contributed by atoms with Crippen LogP contribution in [0.4, 0.5) is 0 Å². The normalized spacial score (nSPS) is 12.1. The van der Waals surface area contributed by atoms with Crippen LogP contribution in [0, 0.1) is 11.3 Å². The third-order valence-electron chi connectivity index (χ3n) is 7.32. The Morgan fingerprint density at radius 1 is 0.951 bits per heavy atom. The Morgan fingerprint density at radius 2 is 1.66 bits per heavy atom. The van der Waals surface area contributed by atoms with Crippen LogP contribution in [0.25, 0.3) is 11.0 Å². The SMILES string of the molecule is COc1ccc2nc(C(Cc3ccccc3)NC(=O)c3ccc(C#N)cc3)n(Cc3ccc(C(C)(C)C)cc3)c2c1. The van der Waals surface area contributed by atoms with Crippen LogP contribution in [0.2, 0.25) is 0 Å². The number of amides is 1. The quantitative estimate of drug-likeness (QED) is 0.229.